The highest BCUT2D eigenvalue weighted by molar-refractivity contribution is 5.93. The molecule has 45 nitrogen and oxygen atoms in total. The number of aliphatic hydroxyl groups excluding tert-OH is 13. The zero-order chi connectivity index (χ0) is 92.5. The smallest absolute Gasteiger partial charge is 0.242 e. The van der Waals surface area contributed by atoms with Crippen molar-refractivity contribution in [1.29, 1.82) is 0 Å². The molecule has 5 aliphatic heterocycles. The van der Waals surface area contributed by atoms with Crippen molar-refractivity contribution < 1.29 is 181 Å². The Morgan fingerprint density at radius 1 is 0.416 bits per heavy atom. The summed E-state index contributed by atoms with van der Waals surface area (Å²) in [7, 11) is 1.52. The molecule has 0 spiro atoms. The fourth-order valence-corrected chi connectivity index (χ4v) is 14.9. The van der Waals surface area contributed by atoms with Crippen LogP contribution in [0.25, 0.3) is 0 Å². The number of carbonyl (C=O) groups excluding carboxylic acids is 11. The number of rotatable bonds is 61. The lowest BCUT2D eigenvalue weighted by Gasteiger charge is -2.42. The van der Waals surface area contributed by atoms with Crippen LogP contribution in [0.4, 0.5) is 0 Å². The number of nitrogens with one attached hydrogen (secondary N) is 7. The number of carbonyl (C=O) groups is 11. The molecule has 0 aliphatic carbocycles. The monoisotopic (exact) mass is 1800 g/mol. The molecule has 0 aromatic heterocycles. The summed E-state index contributed by atoms with van der Waals surface area (Å²) in [5.41, 5.74) is -1.25. The number of methoxy groups -OCH3 is 1. The quantitative estimate of drug-likeness (QED) is 0.0252. The first-order chi connectivity index (χ1) is 59.5. The number of aliphatic hydroxyl groups is 13. The van der Waals surface area contributed by atoms with Crippen LogP contribution in [0.2, 0.25) is 0 Å². The first-order valence-corrected chi connectivity index (χ1v) is 42.7. The molecule has 5 rings (SSSR count). The van der Waals surface area contributed by atoms with E-state index in [2.05, 4.69) is 37.2 Å². The molecule has 5 heterocycles. The zero-order valence-corrected chi connectivity index (χ0v) is 72.5. The Labute approximate surface area is 726 Å². The Bertz CT molecular complexity index is 3290. The topological polar surface area (TPSA) is 658 Å². The second kappa shape index (κ2) is 57.0. The first kappa shape index (κ1) is 109. The van der Waals surface area contributed by atoms with Crippen LogP contribution >= 0.6 is 0 Å². The second-order valence-corrected chi connectivity index (χ2v) is 32.6. The van der Waals surface area contributed by atoms with Gasteiger partial charge in [-0.1, -0.05) is 27.7 Å². The fraction of sp³-hybridized carbons (Fsp3) is 0.863. The average molecular weight is 1800 g/mol. The molecule has 0 aromatic carbocycles. The average Bonchev–Trinajstić information content (AvgIpc) is 1.62. The second-order valence-electron chi connectivity index (χ2n) is 32.6. The van der Waals surface area contributed by atoms with Crippen LogP contribution in [0, 0.1) is 28.6 Å². The predicted molar refractivity (Wildman–Crippen MR) is 429 cm³/mol. The molecule has 45 heteroatoms. The van der Waals surface area contributed by atoms with Gasteiger partial charge in [0.25, 0.3) is 0 Å². The summed E-state index contributed by atoms with van der Waals surface area (Å²) in [6.45, 7) is 5.96. The van der Waals surface area contributed by atoms with Gasteiger partial charge in [0, 0.05) is 153 Å². The number of hydrogen-bond acceptors (Lipinski definition) is 37. The third-order valence-corrected chi connectivity index (χ3v) is 22.8. The third-order valence-electron chi connectivity index (χ3n) is 22.8. The number of hydrogen-bond donors (Lipinski definition) is 20. The first-order valence-electron chi connectivity index (χ1n) is 42.7. The van der Waals surface area contributed by atoms with Crippen molar-refractivity contribution in [2.24, 2.45) is 28.6 Å². The highest BCUT2D eigenvalue weighted by Gasteiger charge is 2.54. The molecule has 5 saturated heterocycles. The van der Waals surface area contributed by atoms with Gasteiger partial charge < -0.3 is 170 Å². The van der Waals surface area contributed by atoms with E-state index in [1.807, 2.05) is 13.8 Å². The lowest BCUT2D eigenvalue weighted by Crippen LogP contribution is -2.64. The summed E-state index contributed by atoms with van der Waals surface area (Å²) >= 11 is 0. The van der Waals surface area contributed by atoms with E-state index < -0.39 is 263 Å². The maximum absolute atomic E-state index is 14.8. The molecule has 720 valence electrons. The number of likely N-dealkylation sites (tertiary alicyclic amines) is 1. The maximum atomic E-state index is 14.8. The Balaban J connectivity index is 1.30. The predicted octanol–water partition coefficient (Wildman–Crippen LogP) is -8.25. The van der Waals surface area contributed by atoms with Gasteiger partial charge in [-0.25, -0.2) is 0 Å². The van der Waals surface area contributed by atoms with E-state index in [1.165, 1.54) is 21.0 Å². The molecule has 0 saturated carbocycles. The molecular formula is C80H138N8O37. The van der Waals surface area contributed by atoms with Crippen LogP contribution in [0.3, 0.4) is 0 Å². The summed E-state index contributed by atoms with van der Waals surface area (Å²) in [6.07, 6.45) is -24.7. The van der Waals surface area contributed by atoms with Gasteiger partial charge in [-0.3, -0.25) is 52.7 Å². The SMILES string of the molecule is COC[C@]1(C)CN(C(=O)CCNC(=O)CCC(=O)C[C@H](CCC(=O)N[C@H](CCC(=O)NCCOCCOC2O[C@H](CO)[C@H](O)[C@H](O)[C@H]2NC(C)=O)C(=O)CCCOCCOC2O[C@H](CO)[C@H](O)[C@H](O)[C@H]2NC(C)=O)C(=O)N[C@H](CCC(=O)CCCOCCOC2O[C@H](CO)[C@H](O)[C@H](O)[C@H]2C)C(=O)NCCOCCOC2O[C@H](CO)[C@H](O)[C@H](O)[C@H]2C)C[C@]1(C)CO. The summed E-state index contributed by atoms with van der Waals surface area (Å²) < 4.78 is 73.1. The van der Waals surface area contributed by atoms with Crippen LogP contribution in [-0.4, -0.2) is 417 Å². The van der Waals surface area contributed by atoms with Crippen LogP contribution in [0.5, 0.6) is 0 Å². The Morgan fingerprint density at radius 3 is 1.32 bits per heavy atom. The molecule has 0 bridgehead atoms. The minimum Gasteiger partial charge on any atom is -0.396 e. The van der Waals surface area contributed by atoms with Gasteiger partial charge in [-0.2, -0.15) is 0 Å². The van der Waals surface area contributed by atoms with Gasteiger partial charge in [-0.15, -0.1) is 0 Å². The largest absolute Gasteiger partial charge is 0.396 e. The highest BCUT2D eigenvalue weighted by atomic mass is 16.7. The van der Waals surface area contributed by atoms with Crippen LogP contribution < -0.4 is 37.2 Å². The summed E-state index contributed by atoms with van der Waals surface area (Å²) in [5.74, 6) is -9.65. The van der Waals surface area contributed by atoms with Crippen molar-refractivity contribution in [1.82, 2.24) is 42.1 Å². The van der Waals surface area contributed by atoms with Crippen molar-refractivity contribution in [3.05, 3.63) is 0 Å². The number of amides is 8. The Hall–Kier alpha value is -6.27. The van der Waals surface area contributed by atoms with Crippen LogP contribution in [0.1, 0.15) is 131 Å². The molecule has 25 atom stereocenters. The van der Waals surface area contributed by atoms with E-state index in [0.717, 1.165) is 0 Å². The minimum atomic E-state index is -1.58. The number of ketones is 3. The lowest BCUT2D eigenvalue weighted by molar-refractivity contribution is -0.284. The number of ether oxygens (including phenoxy) is 13. The van der Waals surface area contributed by atoms with Crippen molar-refractivity contribution in [3.8, 4) is 0 Å². The van der Waals surface area contributed by atoms with Gasteiger partial charge in [0.2, 0.25) is 47.3 Å². The van der Waals surface area contributed by atoms with Crippen molar-refractivity contribution >= 4 is 64.6 Å². The van der Waals surface area contributed by atoms with E-state index in [9.17, 15) is 119 Å². The van der Waals surface area contributed by atoms with E-state index in [-0.39, 0.29) is 195 Å². The van der Waals surface area contributed by atoms with Crippen molar-refractivity contribution in [2.75, 3.05) is 159 Å². The zero-order valence-electron chi connectivity index (χ0n) is 72.5. The van der Waals surface area contributed by atoms with E-state index in [0.29, 0.717) is 0 Å². The van der Waals surface area contributed by atoms with Crippen LogP contribution in [0.15, 0.2) is 0 Å². The molecular weight excluding hydrogens is 1660 g/mol. The van der Waals surface area contributed by atoms with Gasteiger partial charge in [0.05, 0.1) is 124 Å². The van der Waals surface area contributed by atoms with E-state index in [4.69, 9.17) is 61.6 Å². The Kier molecular flexibility index (Phi) is 49.8. The molecule has 0 radical (unpaired) electrons. The normalized spacial score (nSPS) is 30.0. The van der Waals surface area contributed by atoms with Crippen LogP contribution in [-0.2, 0) is 114 Å². The summed E-state index contributed by atoms with van der Waals surface area (Å²) in [6, 6.07) is -5.30. The number of nitrogens with zero attached hydrogens (tertiary/aromatic N) is 1. The molecule has 4 unspecified atom stereocenters. The van der Waals surface area contributed by atoms with Gasteiger partial charge >= 0.3 is 0 Å². The number of Topliss-reactive ketones (excluding diaryl/α,β-unsaturated/α-hetero) is 3. The third kappa shape index (κ3) is 35.8. The molecule has 5 aliphatic rings. The minimum absolute atomic E-state index is 0.0197. The molecule has 0 aromatic rings. The lowest BCUT2D eigenvalue weighted by atomic mass is 9.69. The van der Waals surface area contributed by atoms with Crippen molar-refractivity contribution in [3.63, 3.8) is 0 Å². The molecule has 5 fully saturated rings. The fourth-order valence-electron chi connectivity index (χ4n) is 14.9. The van der Waals surface area contributed by atoms with E-state index >= 15 is 0 Å². The molecule has 20 N–H and O–H groups in total. The maximum Gasteiger partial charge on any atom is 0.242 e. The van der Waals surface area contributed by atoms with Gasteiger partial charge in [0.15, 0.2) is 30.9 Å². The van der Waals surface area contributed by atoms with Gasteiger partial charge in [0.1, 0.15) is 90.7 Å². The molecule has 8 amide bonds. The highest BCUT2D eigenvalue weighted by Crippen LogP contribution is 2.46. The van der Waals surface area contributed by atoms with Crippen molar-refractivity contribution in [2.45, 2.75) is 254 Å². The molecule has 125 heavy (non-hydrogen) atoms. The van der Waals surface area contributed by atoms with E-state index in [1.54, 1.807) is 18.7 Å². The standard InChI is InChI=1S/C80H138N8O37/c1-45-65(103)67(105)55(37-89)122-75(45)118-32-28-114-24-8-10-50(96)13-15-53(74(112)83-23-27-117-30-33-119-76-46(2)66(104)68(106)56(38-90)123-76)87-73(111)49(36-51(97)14-18-59(99)81-21-20-62(102)88-41-79(5,43-93)80(6,42-88)44-113-7)12-17-61(101)86-52(54(98)11-9-25-115-29-34-120-77-63(84-47(3)94)71(109)69(107)57(39-91)124-77)16-19-60(100)82-22-26-116-31-35-121-78-64(85-48(4)95)72(110)70(108)58(40-92)125-78/h45-46,49,52-53,55-58,63-72,75-78,89-93,103-110H,8-44H2,1-7H3,(H,81,99)(H,82,100)(H,83,112)(H,84,94)(H,85,95)(H,86,101)(H,87,111)/t45-,46-,49+,52-,53-,55-,56-,57-,58-,63-,64-,65-,66-,67+,68+,69+,70+,71-,72-,75?,76?,77?,78?,79-,80+/m1/s1. The summed E-state index contributed by atoms with van der Waals surface area (Å²) in [4.78, 5) is 151. The van der Waals surface area contributed by atoms with Gasteiger partial charge in [-0.05, 0) is 32.1 Å². The summed E-state index contributed by atoms with van der Waals surface area (Å²) in [5, 5.41) is 150. The Morgan fingerprint density at radius 2 is 0.840 bits per heavy atom.